The average molecular weight is 821 g/mol. The second-order valence-corrected chi connectivity index (χ2v) is 18.4. The number of sulfonamides is 1. The first-order chi connectivity index (χ1) is 27.1. The molecule has 1 aliphatic rings. The van der Waals surface area contributed by atoms with E-state index in [2.05, 4.69) is 20.0 Å². The van der Waals surface area contributed by atoms with Gasteiger partial charge < -0.3 is 19.9 Å². The number of halogens is 1. The van der Waals surface area contributed by atoms with Crippen molar-refractivity contribution in [2.24, 2.45) is 5.41 Å². The zero-order chi connectivity index (χ0) is 42.6. The smallest absolute Gasteiger partial charge is 0.410 e. The standard InChI is InChI=1S/C41H53FN8O7S/c1-27(47(8)39(54)57-41(5,6)7)35(51)45-34(40(2,3)4)37(53)50-24-30(46-58(55,56)32-13-10-9-11-14-32)23-31(50)25-48(22-19-28-15-17-29(42)18-16-28)36(52)33-26-49-21-12-20-43-38(49)44-33/h9-18,20-21,26-27,30-31,34,46H,19,22-25H2,1-8H3,(H,45,51)/t27-,30-,31-,34+/m0/s1. The second kappa shape index (κ2) is 17.6. The maximum Gasteiger partial charge on any atom is 0.410 e. The summed E-state index contributed by atoms with van der Waals surface area (Å²) < 4.78 is 50.7. The summed E-state index contributed by atoms with van der Waals surface area (Å²) in [7, 11) is -2.58. The maximum atomic E-state index is 14.8. The molecule has 0 unspecified atom stereocenters. The fraction of sp³-hybridized carbons (Fsp3) is 0.463. The number of nitrogens with one attached hydrogen (secondary N) is 2. The van der Waals surface area contributed by atoms with Gasteiger partial charge in [0.15, 0.2) is 0 Å². The van der Waals surface area contributed by atoms with E-state index in [1.54, 1.807) is 106 Å². The summed E-state index contributed by atoms with van der Waals surface area (Å²) in [5, 5.41) is 2.86. The minimum absolute atomic E-state index is 0.0285. The number of ether oxygens (including phenoxy) is 1. The van der Waals surface area contributed by atoms with Gasteiger partial charge in [0.1, 0.15) is 29.2 Å². The van der Waals surface area contributed by atoms with Gasteiger partial charge in [-0.2, -0.15) is 0 Å². The van der Waals surface area contributed by atoms with Crippen LogP contribution in [0, 0.1) is 11.2 Å². The molecule has 5 rings (SSSR count). The molecule has 58 heavy (non-hydrogen) atoms. The van der Waals surface area contributed by atoms with Gasteiger partial charge in [0.2, 0.25) is 27.6 Å². The Kier molecular flexibility index (Phi) is 13.3. The minimum Gasteiger partial charge on any atom is -0.444 e. The Morgan fingerprint density at radius 1 is 1.00 bits per heavy atom. The van der Waals surface area contributed by atoms with Crippen molar-refractivity contribution in [3.63, 3.8) is 0 Å². The zero-order valence-electron chi connectivity index (χ0n) is 34.2. The Labute approximate surface area is 339 Å². The summed E-state index contributed by atoms with van der Waals surface area (Å²) in [5.41, 5.74) is -0.779. The number of amides is 4. The third-order valence-electron chi connectivity index (χ3n) is 9.87. The predicted molar refractivity (Wildman–Crippen MR) is 215 cm³/mol. The molecule has 0 bridgehead atoms. The number of hydrogen-bond acceptors (Lipinski definition) is 9. The van der Waals surface area contributed by atoms with E-state index in [1.165, 1.54) is 43.1 Å². The molecule has 2 aromatic heterocycles. The van der Waals surface area contributed by atoms with Gasteiger partial charge in [-0.1, -0.05) is 51.1 Å². The number of likely N-dealkylation sites (tertiary alicyclic amines) is 1. The number of fused-ring (bicyclic) bond motifs is 1. The van der Waals surface area contributed by atoms with Gasteiger partial charge in [0.25, 0.3) is 5.91 Å². The maximum absolute atomic E-state index is 14.8. The first-order valence-electron chi connectivity index (χ1n) is 19.1. The number of carbonyl (C=O) groups excluding carboxylic acids is 4. The molecule has 4 aromatic rings. The molecule has 0 spiro atoms. The highest BCUT2D eigenvalue weighted by Crippen LogP contribution is 2.28. The van der Waals surface area contributed by atoms with Crippen LogP contribution in [0.15, 0.2) is 84.1 Å². The first kappa shape index (κ1) is 43.7. The van der Waals surface area contributed by atoms with Crippen molar-refractivity contribution in [2.75, 3.05) is 26.7 Å². The topological polar surface area (TPSA) is 176 Å². The van der Waals surface area contributed by atoms with E-state index >= 15 is 0 Å². The van der Waals surface area contributed by atoms with Crippen LogP contribution in [0.2, 0.25) is 0 Å². The number of imidazole rings is 1. The van der Waals surface area contributed by atoms with Crippen molar-refractivity contribution in [1.82, 2.24) is 39.1 Å². The van der Waals surface area contributed by atoms with Gasteiger partial charge in [-0.05, 0) is 81.8 Å². The number of hydrogen-bond donors (Lipinski definition) is 2. The summed E-state index contributed by atoms with van der Waals surface area (Å²) in [6.45, 7) is 12.1. The molecule has 4 atom stereocenters. The third kappa shape index (κ3) is 10.9. The van der Waals surface area contributed by atoms with Crippen LogP contribution in [0.1, 0.15) is 70.9 Å². The van der Waals surface area contributed by atoms with Gasteiger partial charge in [0, 0.05) is 51.3 Å². The van der Waals surface area contributed by atoms with Crippen molar-refractivity contribution in [3.8, 4) is 0 Å². The van der Waals surface area contributed by atoms with Crippen LogP contribution in [0.25, 0.3) is 5.78 Å². The SMILES string of the molecule is C[C@@H](C(=O)N[C@H](C(=O)N1C[C@@H](NS(=O)(=O)c2ccccc2)C[C@H]1CN(CCc1ccc(F)cc1)C(=O)c1cn2cccnc2n1)C(C)(C)C)N(C)C(=O)OC(C)(C)C. The minimum atomic E-state index is -4.02. The average Bonchev–Trinajstić information content (AvgIpc) is 3.78. The number of aromatic nitrogens is 3. The van der Waals surface area contributed by atoms with Crippen LogP contribution in [-0.4, -0.2) is 118 Å². The van der Waals surface area contributed by atoms with Gasteiger partial charge in [-0.25, -0.2) is 32.3 Å². The number of carbonyl (C=O) groups is 4. The molecule has 2 N–H and O–H groups in total. The van der Waals surface area contributed by atoms with Gasteiger partial charge >= 0.3 is 6.09 Å². The monoisotopic (exact) mass is 820 g/mol. The lowest BCUT2D eigenvalue weighted by molar-refractivity contribution is -0.141. The van der Waals surface area contributed by atoms with E-state index in [9.17, 15) is 32.0 Å². The molecule has 1 fully saturated rings. The molecule has 15 nitrogen and oxygen atoms in total. The molecule has 17 heteroatoms. The molecule has 0 aliphatic carbocycles. The molecule has 3 heterocycles. The molecule has 0 radical (unpaired) electrons. The van der Waals surface area contributed by atoms with Crippen molar-refractivity contribution >= 4 is 39.6 Å². The summed E-state index contributed by atoms with van der Waals surface area (Å²) in [4.78, 5) is 68.7. The van der Waals surface area contributed by atoms with E-state index < -0.39 is 74.8 Å². The van der Waals surface area contributed by atoms with Crippen molar-refractivity contribution < 1.29 is 36.7 Å². The summed E-state index contributed by atoms with van der Waals surface area (Å²) >= 11 is 0. The Morgan fingerprint density at radius 2 is 1.67 bits per heavy atom. The molecule has 1 aliphatic heterocycles. The summed E-state index contributed by atoms with van der Waals surface area (Å²) in [6.07, 6.45) is 4.59. The van der Waals surface area contributed by atoms with Crippen LogP contribution >= 0.6 is 0 Å². The predicted octanol–water partition coefficient (Wildman–Crippen LogP) is 4.29. The lowest BCUT2D eigenvalue weighted by Crippen LogP contribution is -2.60. The lowest BCUT2D eigenvalue weighted by atomic mass is 9.85. The highest BCUT2D eigenvalue weighted by Gasteiger charge is 2.45. The Bertz CT molecular complexity index is 2170. The fourth-order valence-electron chi connectivity index (χ4n) is 6.62. The highest BCUT2D eigenvalue weighted by atomic mass is 32.2. The molecule has 4 amide bonds. The van der Waals surface area contributed by atoms with Crippen molar-refractivity contribution in [1.29, 1.82) is 0 Å². The lowest BCUT2D eigenvalue weighted by Gasteiger charge is -2.38. The zero-order valence-corrected chi connectivity index (χ0v) is 35.0. The second-order valence-electron chi connectivity index (χ2n) is 16.7. The largest absolute Gasteiger partial charge is 0.444 e. The molecular formula is C41H53FN8O7S. The van der Waals surface area contributed by atoms with E-state index in [4.69, 9.17) is 4.74 Å². The van der Waals surface area contributed by atoms with Crippen LogP contribution in [0.5, 0.6) is 0 Å². The van der Waals surface area contributed by atoms with Crippen LogP contribution in [-0.2, 0) is 30.8 Å². The first-order valence-corrected chi connectivity index (χ1v) is 20.6. The summed E-state index contributed by atoms with van der Waals surface area (Å²) in [5.74, 6) is -1.64. The highest BCUT2D eigenvalue weighted by molar-refractivity contribution is 7.89. The van der Waals surface area contributed by atoms with E-state index in [0.29, 0.717) is 12.2 Å². The molecule has 1 saturated heterocycles. The molecule has 0 saturated carbocycles. The van der Waals surface area contributed by atoms with E-state index in [0.717, 1.165) is 10.5 Å². The van der Waals surface area contributed by atoms with Crippen LogP contribution in [0.3, 0.4) is 0 Å². The Morgan fingerprint density at radius 3 is 2.29 bits per heavy atom. The quantitative estimate of drug-likeness (QED) is 0.200. The van der Waals surface area contributed by atoms with Crippen molar-refractivity contribution in [2.45, 2.75) is 96.0 Å². The molecular weight excluding hydrogens is 768 g/mol. The summed E-state index contributed by atoms with van der Waals surface area (Å²) in [6, 6.07) is 11.9. The molecule has 2 aromatic carbocycles. The van der Waals surface area contributed by atoms with Gasteiger partial charge in [-0.15, -0.1) is 0 Å². The van der Waals surface area contributed by atoms with Crippen molar-refractivity contribution in [3.05, 3.63) is 96.3 Å². The number of nitrogens with zero attached hydrogens (tertiary/aromatic N) is 6. The number of rotatable bonds is 13. The van der Waals surface area contributed by atoms with E-state index in [1.807, 2.05) is 0 Å². The molecule has 312 valence electrons. The van der Waals surface area contributed by atoms with Crippen LogP contribution < -0.4 is 10.0 Å². The third-order valence-corrected chi connectivity index (χ3v) is 11.4. The van der Waals surface area contributed by atoms with Gasteiger partial charge in [0.05, 0.1) is 10.9 Å². The van der Waals surface area contributed by atoms with E-state index in [-0.39, 0.29) is 36.6 Å². The fourth-order valence-corrected chi connectivity index (χ4v) is 7.88. The normalized spacial score (nSPS) is 17.1. The van der Waals surface area contributed by atoms with Gasteiger partial charge in [-0.3, -0.25) is 23.7 Å². The number of benzene rings is 2. The Hall–Kier alpha value is -5.42. The Balaban J connectivity index is 1.47. The number of likely N-dealkylation sites (N-methyl/N-ethyl adjacent to an activating group) is 1. The van der Waals surface area contributed by atoms with Crippen LogP contribution in [0.4, 0.5) is 9.18 Å².